The Bertz CT molecular complexity index is 835. The monoisotopic (exact) mass is 395 g/mol. The Labute approximate surface area is 160 Å². The molecule has 2 aromatic carbocycles. The number of ketones is 1. The first-order chi connectivity index (χ1) is 13.3. The number of alkyl halides is 3. The predicted octanol–water partition coefficient (Wildman–Crippen LogP) is 3.35. The number of benzene rings is 2. The Morgan fingerprint density at radius 3 is 2.21 bits per heavy atom. The zero-order chi connectivity index (χ0) is 20.7. The number of hydrogen-bond donors (Lipinski definition) is 1. The quantitative estimate of drug-likeness (QED) is 0.697. The van der Waals surface area contributed by atoms with E-state index in [1.54, 1.807) is 5.32 Å². The summed E-state index contributed by atoms with van der Waals surface area (Å²) in [6.07, 6.45) is -4.69. The molecule has 0 saturated heterocycles. The molecule has 1 amide bonds. The van der Waals surface area contributed by atoms with Crippen LogP contribution in [0.25, 0.3) is 0 Å². The van der Waals surface area contributed by atoms with Gasteiger partial charge in [-0.15, -0.1) is 0 Å². The van der Waals surface area contributed by atoms with E-state index in [1.807, 2.05) is 30.3 Å². The van der Waals surface area contributed by atoms with E-state index in [2.05, 4.69) is 0 Å². The van der Waals surface area contributed by atoms with Crippen LogP contribution in [-0.2, 0) is 17.6 Å². The number of carbonyl (C=O) groups is 2. The van der Waals surface area contributed by atoms with E-state index in [1.165, 1.54) is 26.4 Å². The number of halogens is 3. The van der Waals surface area contributed by atoms with Crippen LogP contribution in [-0.4, -0.2) is 38.6 Å². The Balaban J connectivity index is 2.18. The van der Waals surface area contributed by atoms with Crippen molar-refractivity contribution in [1.82, 2.24) is 5.32 Å². The minimum atomic E-state index is -4.94. The van der Waals surface area contributed by atoms with Crippen molar-refractivity contribution in [2.45, 2.75) is 19.0 Å². The Kier molecular flexibility index (Phi) is 7.03. The van der Waals surface area contributed by atoms with Crippen molar-refractivity contribution in [3.8, 4) is 11.5 Å². The molecule has 0 spiro atoms. The first kappa shape index (κ1) is 21.3. The minimum Gasteiger partial charge on any atom is -0.496 e. The fraction of sp³-hybridized carbons (Fsp3) is 0.300. The van der Waals surface area contributed by atoms with Gasteiger partial charge in [0.05, 0.1) is 19.8 Å². The number of amides is 1. The number of rotatable bonds is 8. The van der Waals surface area contributed by atoms with Gasteiger partial charge < -0.3 is 14.8 Å². The Morgan fingerprint density at radius 2 is 1.64 bits per heavy atom. The molecule has 0 saturated carbocycles. The second kappa shape index (κ2) is 9.25. The largest absolute Gasteiger partial charge is 0.496 e. The van der Waals surface area contributed by atoms with Gasteiger partial charge in [-0.25, -0.2) is 0 Å². The summed E-state index contributed by atoms with van der Waals surface area (Å²) in [4.78, 5) is 23.6. The van der Waals surface area contributed by atoms with E-state index < -0.39 is 12.1 Å². The molecule has 0 aliphatic carbocycles. The van der Waals surface area contributed by atoms with Crippen LogP contribution in [0, 0.1) is 0 Å². The van der Waals surface area contributed by atoms with Crippen molar-refractivity contribution in [1.29, 1.82) is 0 Å². The summed E-state index contributed by atoms with van der Waals surface area (Å²) < 4.78 is 47.3. The molecule has 0 bridgehead atoms. The Hall–Kier alpha value is -3.03. The number of carbonyl (C=O) groups excluding carboxylic acids is 2. The number of Topliss-reactive ketones (excluding diaryl/α,β-unsaturated/α-hetero) is 1. The summed E-state index contributed by atoms with van der Waals surface area (Å²) in [5, 5.41) is 1.80. The summed E-state index contributed by atoms with van der Waals surface area (Å²) in [7, 11) is 2.79. The van der Waals surface area contributed by atoms with Crippen molar-refractivity contribution >= 4 is 11.7 Å². The molecule has 0 unspecified atom stereocenters. The fourth-order valence-corrected chi connectivity index (χ4v) is 2.66. The predicted molar refractivity (Wildman–Crippen MR) is 96.8 cm³/mol. The number of hydrogen-bond acceptors (Lipinski definition) is 4. The lowest BCUT2D eigenvalue weighted by molar-refractivity contribution is -0.173. The molecule has 8 heteroatoms. The van der Waals surface area contributed by atoms with Gasteiger partial charge >= 0.3 is 12.1 Å². The van der Waals surface area contributed by atoms with Crippen LogP contribution in [0.15, 0.2) is 42.5 Å². The van der Waals surface area contributed by atoms with Crippen molar-refractivity contribution in [3.63, 3.8) is 0 Å². The third-order valence-corrected chi connectivity index (χ3v) is 4.05. The van der Waals surface area contributed by atoms with Gasteiger partial charge in [0.15, 0.2) is 5.78 Å². The summed E-state index contributed by atoms with van der Waals surface area (Å²) in [5.74, 6) is -1.57. The highest BCUT2D eigenvalue weighted by atomic mass is 19.4. The molecule has 2 aromatic rings. The molecule has 2 rings (SSSR count). The van der Waals surface area contributed by atoms with Crippen LogP contribution in [0.5, 0.6) is 11.5 Å². The van der Waals surface area contributed by atoms with E-state index in [0.717, 1.165) is 5.56 Å². The molecule has 0 heterocycles. The number of methoxy groups -OCH3 is 2. The maximum Gasteiger partial charge on any atom is 0.471 e. The molecule has 1 N–H and O–H groups in total. The van der Waals surface area contributed by atoms with Gasteiger partial charge in [-0.1, -0.05) is 30.3 Å². The second-order valence-electron chi connectivity index (χ2n) is 5.95. The van der Waals surface area contributed by atoms with Crippen LogP contribution in [0.2, 0.25) is 0 Å². The first-order valence-corrected chi connectivity index (χ1v) is 8.43. The van der Waals surface area contributed by atoms with Crippen molar-refractivity contribution in [2.24, 2.45) is 0 Å². The highest BCUT2D eigenvalue weighted by molar-refractivity contribution is 6.00. The van der Waals surface area contributed by atoms with Gasteiger partial charge in [-0.3, -0.25) is 9.59 Å². The molecular weight excluding hydrogens is 375 g/mol. The van der Waals surface area contributed by atoms with E-state index in [4.69, 9.17) is 9.47 Å². The van der Waals surface area contributed by atoms with Crippen molar-refractivity contribution in [2.75, 3.05) is 20.8 Å². The summed E-state index contributed by atoms with van der Waals surface area (Å²) in [6, 6.07) is 12.2. The SMILES string of the molecule is COc1cc(C(=O)Cc2ccccc2)c(OC)cc1CCNC(=O)C(F)(F)F. The molecule has 0 aromatic heterocycles. The molecule has 150 valence electrons. The van der Waals surface area contributed by atoms with E-state index in [9.17, 15) is 22.8 Å². The molecule has 0 fully saturated rings. The topological polar surface area (TPSA) is 64.6 Å². The van der Waals surface area contributed by atoms with E-state index >= 15 is 0 Å². The summed E-state index contributed by atoms with van der Waals surface area (Å²) in [5.41, 5.74) is 1.66. The standard InChI is InChI=1S/C20H20F3NO4/c1-27-17-12-15(16(25)10-13-6-4-3-5-7-13)18(28-2)11-14(17)8-9-24-19(26)20(21,22)23/h3-7,11-12H,8-10H2,1-2H3,(H,24,26). The zero-order valence-electron chi connectivity index (χ0n) is 15.4. The fourth-order valence-electron chi connectivity index (χ4n) is 2.66. The molecule has 0 aliphatic heterocycles. The average molecular weight is 395 g/mol. The smallest absolute Gasteiger partial charge is 0.471 e. The van der Waals surface area contributed by atoms with E-state index in [0.29, 0.717) is 22.6 Å². The molecule has 0 radical (unpaired) electrons. The van der Waals surface area contributed by atoms with Crippen LogP contribution < -0.4 is 14.8 Å². The highest BCUT2D eigenvalue weighted by Crippen LogP contribution is 2.30. The van der Waals surface area contributed by atoms with Gasteiger partial charge in [-0.2, -0.15) is 13.2 Å². The third-order valence-electron chi connectivity index (χ3n) is 4.05. The molecule has 5 nitrogen and oxygen atoms in total. The van der Waals surface area contributed by atoms with Gasteiger partial charge in [0, 0.05) is 13.0 Å². The van der Waals surface area contributed by atoms with Gasteiger partial charge in [0.1, 0.15) is 11.5 Å². The molecule has 28 heavy (non-hydrogen) atoms. The van der Waals surface area contributed by atoms with Crippen LogP contribution in [0.4, 0.5) is 13.2 Å². The van der Waals surface area contributed by atoms with Crippen molar-refractivity contribution < 1.29 is 32.2 Å². The molecular formula is C20H20F3NO4. The maximum absolute atomic E-state index is 12.7. The van der Waals surface area contributed by atoms with Gasteiger partial charge in [-0.05, 0) is 29.7 Å². The zero-order valence-corrected chi connectivity index (χ0v) is 15.4. The van der Waals surface area contributed by atoms with Crippen LogP contribution in [0.3, 0.4) is 0 Å². The third kappa shape index (κ3) is 5.48. The number of ether oxygens (including phenoxy) is 2. The molecule has 0 aliphatic rings. The normalized spacial score (nSPS) is 11.0. The first-order valence-electron chi connectivity index (χ1n) is 8.43. The van der Waals surface area contributed by atoms with Crippen LogP contribution in [0.1, 0.15) is 21.5 Å². The van der Waals surface area contributed by atoms with E-state index in [-0.39, 0.29) is 25.2 Å². The van der Waals surface area contributed by atoms with Gasteiger partial charge in [0.25, 0.3) is 0 Å². The maximum atomic E-state index is 12.7. The molecule has 0 atom stereocenters. The minimum absolute atomic E-state index is 0.0779. The average Bonchev–Trinajstić information content (AvgIpc) is 2.67. The summed E-state index contributed by atoms with van der Waals surface area (Å²) in [6.45, 7) is -0.241. The summed E-state index contributed by atoms with van der Waals surface area (Å²) >= 11 is 0. The highest BCUT2D eigenvalue weighted by Gasteiger charge is 2.38. The van der Waals surface area contributed by atoms with Crippen molar-refractivity contribution in [3.05, 3.63) is 59.2 Å². The van der Waals surface area contributed by atoms with Crippen LogP contribution >= 0.6 is 0 Å². The van der Waals surface area contributed by atoms with Gasteiger partial charge in [0.2, 0.25) is 0 Å². The number of nitrogens with one attached hydrogen (secondary N) is 1. The Morgan fingerprint density at radius 1 is 1.00 bits per heavy atom. The lowest BCUT2D eigenvalue weighted by atomic mass is 9.99. The second-order valence-corrected chi connectivity index (χ2v) is 5.95. The lowest BCUT2D eigenvalue weighted by Gasteiger charge is -2.15. The lowest BCUT2D eigenvalue weighted by Crippen LogP contribution is -2.37.